The lowest BCUT2D eigenvalue weighted by Crippen LogP contribution is -2.55. The van der Waals surface area contributed by atoms with Crippen LogP contribution in [0.15, 0.2) is 18.2 Å². The predicted octanol–water partition coefficient (Wildman–Crippen LogP) is 1.56. The van der Waals surface area contributed by atoms with E-state index in [1.165, 1.54) is 31.7 Å². The fourth-order valence-corrected chi connectivity index (χ4v) is 4.13. The fraction of sp³-hybridized carbons (Fsp3) is 0.619. The molecule has 2 fully saturated rings. The van der Waals surface area contributed by atoms with Gasteiger partial charge in [0.15, 0.2) is 0 Å². The number of methoxy groups -OCH3 is 1. The van der Waals surface area contributed by atoms with Crippen molar-refractivity contribution in [2.75, 3.05) is 58.2 Å². The van der Waals surface area contributed by atoms with E-state index in [-0.39, 0.29) is 35.8 Å². The van der Waals surface area contributed by atoms with Gasteiger partial charge in [0.2, 0.25) is 11.8 Å². The zero-order chi connectivity index (χ0) is 22.4. The van der Waals surface area contributed by atoms with E-state index >= 15 is 0 Å². The number of hydrogen-bond donors (Lipinski definition) is 1. The smallest absolute Gasteiger partial charge is 0.273 e. The number of benzene rings is 1. The standard InChI is InChI=1S/C21H31N5O5/c1-16(21(28)25-8-4-3-5-9-25)24-12-10-23(11-13-24)15-20(27)22-18-7-6-17(26(29)30)14-19(18)31-2/h6-7,14,16H,3-5,8-13,15H2,1-2H3,(H,22,27). The number of carbonyl (C=O) groups is 2. The van der Waals surface area contributed by atoms with Gasteiger partial charge in [0.25, 0.3) is 5.69 Å². The number of nitro benzene ring substituents is 1. The number of nitrogens with one attached hydrogen (secondary N) is 1. The molecule has 3 rings (SSSR count). The van der Waals surface area contributed by atoms with Crippen LogP contribution >= 0.6 is 0 Å². The highest BCUT2D eigenvalue weighted by molar-refractivity contribution is 5.94. The van der Waals surface area contributed by atoms with Gasteiger partial charge in [-0.25, -0.2) is 0 Å². The summed E-state index contributed by atoms with van der Waals surface area (Å²) in [7, 11) is 1.40. The number of nitrogens with zero attached hydrogens (tertiary/aromatic N) is 4. The first-order valence-electron chi connectivity index (χ1n) is 10.8. The summed E-state index contributed by atoms with van der Waals surface area (Å²) < 4.78 is 5.16. The molecule has 10 heteroatoms. The number of amides is 2. The maximum absolute atomic E-state index is 12.7. The van der Waals surface area contributed by atoms with Crippen LogP contribution in [-0.4, -0.2) is 90.4 Å². The molecular formula is C21H31N5O5. The van der Waals surface area contributed by atoms with Crippen LogP contribution in [0.4, 0.5) is 11.4 Å². The Kier molecular flexibility index (Phi) is 7.80. The Labute approximate surface area is 182 Å². The number of nitro groups is 1. The van der Waals surface area contributed by atoms with Crippen LogP contribution in [0.3, 0.4) is 0 Å². The highest BCUT2D eigenvalue weighted by Gasteiger charge is 2.29. The normalized spacial score (nSPS) is 19.0. The monoisotopic (exact) mass is 433 g/mol. The minimum absolute atomic E-state index is 0.0980. The molecular weight excluding hydrogens is 402 g/mol. The summed E-state index contributed by atoms with van der Waals surface area (Å²) in [5.41, 5.74) is 0.302. The molecule has 0 bridgehead atoms. The maximum Gasteiger partial charge on any atom is 0.273 e. The Bertz CT molecular complexity index is 803. The second-order valence-corrected chi connectivity index (χ2v) is 8.06. The van der Waals surface area contributed by atoms with Crippen LogP contribution in [0.1, 0.15) is 26.2 Å². The Morgan fingerprint density at radius 3 is 2.42 bits per heavy atom. The number of piperidine rings is 1. The number of hydrogen-bond acceptors (Lipinski definition) is 7. The molecule has 2 saturated heterocycles. The molecule has 0 radical (unpaired) electrons. The Morgan fingerprint density at radius 2 is 1.81 bits per heavy atom. The molecule has 2 aliphatic rings. The quantitative estimate of drug-likeness (QED) is 0.513. The van der Waals surface area contributed by atoms with Crippen molar-refractivity contribution in [1.29, 1.82) is 0 Å². The fourth-order valence-electron chi connectivity index (χ4n) is 4.13. The number of rotatable bonds is 7. The summed E-state index contributed by atoms with van der Waals surface area (Å²) in [5.74, 6) is 0.242. The summed E-state index contributed by atoms with van der Waals surface area (Å²) in [6.07, 6.45) is 3.37. The first-order valence-corrected chi connectivity index (χ1v) is 10.8. The summed E-state index contributed by atoms with van der Waals surface area (Å²) >= 11 is 0. The maximum atomic E-state index is 12.7. The average Bonchev–Trinajstić information content (AvgIpc) is 2.79. The molecule has 2 amide bonds. The zero-order valence-corrected chi connectivity index (χ0v) is 18.2. The molecule has 2 heterocycles. The lowest BCUT2D eigenvalue weighted by Gasteiger charge is -2.39. The van der Waals surface area contributed by atoms with Gasteiger partial charge in [-0.05, 0) is 32.3 Å². The zero-order valence-electron chi connectivity index (χ0n) is 18.2. The van der Waals surface area contributed by atoms with Gasteiger partial charge in [-0.1, -0.05) is 0 Å². The van der Waals surface area contributed by atoms with Crippen LogP contribution < -0.4 is 10.1 Å². The third-order valence-electron chi connectivity index (χ3n) is 6.02. The van der Waals surface area contributed by atoms with E-state index in [9.17, 15) is 19.7 Å². The van der Waals surface area contributed by atoms with E-state index < -0.39 is 4.92 Å². The van der Waals surface area contributed by atoms with E-state index in [1.807, 2.05) is 16.7 Å². The molecule has 1 unspecified atom stereocenters. The van der Waals surface area contributed by atoms with Crippen molar-refractivity contribution in [3.8, 4) is 5.75 Å². The van der Waals surface area contributed by atoms with Gasteiger partial charge in [0, 0.05) is 45.3 Å². The van der Waals surface area contributed by atoms with Gasteiger partial charge >= 0.3 is 0 Å². The first-order chi connectivity index (χ1) is 14.9. The predicted molar refractivity (Wildman–Crippen MR) is 116 cm³/mol. The molecule has 0 aromatic heterocycles. The van der Waals surface area contributed by atoms with Crippen molar-refractivity contribution in [2.45, 2.75) is 32.2 Å². The first kappa shape index (κ1) is 23.0. The van der Waals surface area contributed by atoms with E-state index in [4.69, 9.17) is 4.74 Å². The molecule has 0 spiro atoms. The van der Waals surface area contributed by atoms with Gasteiger partial charge in [0.1, 0.15) is 5.75 Å². The molecule has 1 atom stereocenters. The lowest BCUT2D eigenvalue weighted by molar-refractivity contribution is -0.384. The minimum Gasteiger partial charge on any atom is -0.494 e. The molecule has 10 nitrogen and oxygen atoms in total. The molecule has 0 aliphatic carbocycles. The summed E-state index contributed by atoms with van der Waals surface area (Å²) in [6.45, 7) is 6.75. The van der Waals surface area contributed by atoms with Gasteiger partial charge in [-0.3, -0.25) is 29.5 Å². The highest BCUT2D eigenvalue weighted by atomic mass is 16.6. The number of likely N-dealkylation sites (tertiary alicyclic amines) is 1. The van der Waals surface area contributed by atoms with E-state index in [0.717, 1.165) is 39.0 Å². The summed E-state index contributed by atoms with van der Waals surface area (Å²) in [5, 5.41) is 13.7. The van der Waals surface area contributed by atoms with Crippen molar-refractivity contribution in [1.82, 2.24) is 14.7 Å². The number of carbonyl (C=O) groups excluding carboxylic acids is 2. The van der Waals surface area contributed by atoms with Gasteiger partial charge in [0.05, 0.1) is 36.4 Å². The molecule has 1 N–H and O–H groups in total. The third kappa shape index (κ3) is 5.92. The molecule has 31 heavy (non-hydrogen) atoms. The Morgan fingerprint density at radius 1 is 1.13 bits per heavy atom. The Hall–Kier alpha value is -2.72. The lowest BCUT2D eigenvalue weighted by atomic mass is 10.1. The summed E-state index contributed by atoms with van der Waals surface area (Å²) in [4.78, 5) is 41.8. The topological polar surface area (TPSA) is 108 Å². The van der Waals surface area contributed by atoms with Crippen molar-refractivity contribution >= 4 is 23.2 Å². The molecule has 170 valence electrons. The van der Waals surface area contributed by atoms with Crippen LogP contribution in [0.5, 0.6) is 5.75 Å². The Balaban J connectivity index is 1.47. The SMILES string of the molecule is COc1cc([N+](=O)[O-])ccc1NC(=O)CN1CCN(C(C)C(=O)N2CCCCC2)CC1. The van der Waals surface area contributed by atoms with Crippen LogP contribution in [0.2, 0.25) is 0 Å². The van der Waals surface area contributed by atoms with Crippen molar-refractivity contribution in [3.05, 3.63) is 28.3 Å². The number of ether oxygens (including phenoxy) is 1. The van der Waals surface area contributed by atoms with Crippen molar-refractivity contribution in [2.24, 2.45) is 0 Å². The van der Waals surface area contributed by atoms with Gasteiger partial charge < -0.3 is 15.0 Å². The third-order valence-corrected chi connectivity index (χ3v) is 6.02. The molecule has 0 saturated carbocycles. The number of anilines is 1. The second kappa shape index (κ2) is 10.5. The van der Waals surface area contributed by atoms with Crippen LogP contribution in [0, 0.1) is 10.1 Å². The van der Waals surface area contributed by atoms with E-state index in [1.54, 1.807) is 0 Å². The molecule has 1 aromatic rings. The molecule has 1 aromatic carbocycles. The van der Waals surface area contributed by atoms with E-state index in [0.29, 0.717) is 18.8 Å². The molecule has 2 aliphatic heterocycles. The summed E-state index contributed by atoms with van der Waals surface area (Å²) in [6, 6.07) is 3.95. The van der Waals surface area contributed by atoms with Gasteiger partial charge in [-0.2, -0.15) is 0 Å². The second-order valence-electron chi connectivity index (χ2n) is 8.06. The minimum atomic E-state index is -0.509. The van der Waals surface area contributed by atoms with Crippen molar-refractivity contribution in [3.63, 3.8) is 0 Å². The van der Waals surface area contributed by atoms with E-state index in [2.05, 4.69) is 10.2 Å². The van der Waals surface area contributed by atoms with Crippen molar-refractivity contribution < 1.29 is 19.2 Å². The number of non-ortho nitro benzene ring substituents is 1. The number of piperazine rings is 1. The average molecular weight is 434 g/mol. The largest absolute Gasteiger partial charge is 0.494 e. The van der Waals surface area contributed by atoms with Crippen LogP contribution in [-0.2, 0) is 9.59 Å². The van der Waals surface area contributed by atoms with Gasteiger partial charge in [-0.15, -0.1) is 0 Å². The van der Waals surface area contributed by atoms with Crippen LogP contribution in [0.25, 0.3) is 0 Å². The highest BCUT2D eigenvalue weighted by Crippen LogP contribution is 2.29.